The van der Waals surface area contributed by atoms with Gasteiger partial charge in [-0.1, -0.05) is 12.1 Å². The lowest BCUT2D eigenvalue weighted by atomic mass is 10.3. The van der Waals surface area contributed by atoms with E-state index in [0.717, 1.165) is 11.0 Å². The van der Waals surface area contributed by atoms with E-state index in [2.05, 4.69) is 15.3 Å². The van der Waals surface area contributed by atoms with Crippen molar-refractivity contribution in [2.24, 2.45) is 0 Å². The maximum Gasteiger partial charge on any atom is 0.249 e. The molecule has 20 heavy (non-hydrogen) atoms. The minimum atomic E-state index is -0.286. The van der Waals surface area contributed by atoms with Crippen LogP contribution in [-0.4, -0.2) is 15.9 Å². The number of carbonyl (C=O) groups excluding carboxylic acids is 1. The first-order valence-electron chi connectivity index (χ1n) is 6.06. The van der Waals surface area contributed by atoms with E-state index >= 15 is 0 Å². The maximum atomic E-state index is 11.7. The number of aromatic nitrogens is 2. The number of hydrogen-bond acceptors (Lipinski definition) is 4. The van der Waals surface area contributed by atoms with Crippen molar-refractivity contribution in [1.82, 2.24) is 9.97 Å². The Labute approximate surface area is 115 Å². The van der Waals surface area contributed by atoms with Crippen LogP contribution in [0.15, 0.2) is 59.4 Å². The summed E-state index contributed by atoms with van der Waals surface area (Å²) in [4.78, 5) is 20.3. The zero-order valence-electron chi connectivity index (χ0n) is 10.5. The smallest absolute Gasteiger partial charge is 0.249 e. The first kappa shape index (κ1) is 12.1. The third-order valence-corrected chi connectivity index (χ3v) is 2.64. The van der Waals surface area contributed by atoms with Gasteiger partial charge in [-0.25, -0.2) is 4.98 Å². The highest BCUT2D eigenvalue weighted by Gasteiger charge is 2.02. The van der Waals surface area contributed by atoms with Gasteiger partial charge in [0.15, 0.2) is 5.82 Å². The summed E-state index contributed by atoms with van der Waals surface area (Å²) in [5, 5.41) is 2.66. The van der Waals surface area contributed by atoms with E-state index in [1.165, 1.54) is 12.3 Å². The predicted molar refractivity (Wildman–Crippen MR) is 75.9 cm³/mol. The molecule has 0 saturated heterocycles. The summed E-state index contributed by atoms with van der Waals surface area (Å²) in [6.07, 6.45) is 6.05. The van der Waals surface area contributed by atoms with E-state index in [4.69, 9.17) is 4.42 Å². The highest BCUT2D eigenvalue weighted by molar-refractivity contribution is 6.01. The van der Waals surface area contributed by atoms with Crippen molar-refractivity contribution in [3.05, 3.63) is 60.7 Å². The van der Waals surface area contributed by atoms with Crippen LogP contribution in [0.5, 0.6) is 0 Å². The van der Waals surface area contributed by atoms with Crippen LogP contribution in [-0.2, 0) is 4.79 Å². The van der Waals surface area contributed by atoms with Crippen LogP contribution in [0.1, 0.15) is 5.76 Å². The second-order valence-corrected chi connectivity index (χ2v) is 4.08. The Bertz CT molecular complexity index is 764. The Morgan fingerprint density at radius 1 is 1.15 bits per heavy atom. The third kappa shape index (κ3) is 2.72. The van der Waals surface area contributed by atoms with Crippen LogP contribution < -0.4 is 5.32 Å². The summed E-state index contributed by atoms with van der Waals surface area (Å²) >= 11 is 0. The van der Waals surface area contributed by atoms with Gasteiger partial charge in [-0.05, 0) is 30.3 Å². The number of hydrogen-bond donors (Lipinski definition) is 1. The van der Waals surface area contributed by atoms with E-state index in [0.29, 0.717) is 11.6 Å². The van der Waals surface area contributed by atoms with E-state index in [9.17, 15) is 4.79 Å². The molecule has 0 bridgehead atoms. The van der Waals surface area contributed by atoms with Crippen molar-refractivity contribution >= 4 is 28.8 Å². The van der Waals surface area contributed by atoms with Gasteiger partial charge in [-0.2, -0.15) is 0 Å². The first-order chi connectivity index (χ1) is 9.81. The molecule has 0 fully saturated rings. The van der Waals surface area contributed by atoms with Gasteiger partial charge in [0.2, 0.25) is 5.91 Å². The molecule has 0 aliphatic heterocycles. The Kier molecular flexibility index (Phi) is 3.24. The Hall–Kier alpha value is -2.95. The number of nitrogens with zero attached hydrogens (tertiary/aromatic N) is 2. The van der Waals surface area contributed by atoms with Crippen molar-refractivity contribution < 1.29 is 9.21 Å². The molecule has 0 atom stereocenters. The second kappa shape index (κ2) is 5.36. The van der Waals surface area contributed by atoms with E-state index in [1.807, 2.05) is 24.3 Å². The van der Waals surface area contributed by atoms with Gasteiger partial charge in [-0.3, -0.25) is 9.78 Å². The summed E-state index contributed by atoms with van der Waals surface area (Å²) in [5.41, 5.74) is 1.52. The number of benzene rings is 1. The highest BCUT2D eigenvalue weighted by Crippen LogP contribution is 2.11. The normalized spacial score (nSPS) is 11.0. The van der Waals surface area contributed by atoms with Gasteiger partial charge in [0.1, 0.15) is 5.76 Å². The largest absolute Gasteiger partial charge is 0.465 e. The van der Waals surface area contributed by atoms with E-state index in [1.54, 1.807) is 24.5 Å². The minimum absolute atomic E-state index is 0.286. The van der Waals surface area contributed by atoms with Gasteiger partial charge >= 0.3 is 0 Å². The van der Waals surface area contributed by atoms with Crippen molar-refractivity contribution in [3.63, 3.8) is 0 Å². The van der Waals surface area contributed by atoms with Gasteiger partial charge in [0.25, 0.3) is 0 Å². The molecule has 5 nitrogen and oxygen atoms in total. The molecule has 0 saturated carbocycles. The van der Waals surface area contributed by atoms with E-state index in [-0.39, 0.29) is 5.91 Å². The number of amides is 1. The zero-order chi connectivity index (χ0) is 13.8. The summed E-state index contributed by atoms with van der Waals surface area (Å²) in [6, 6.07) is 11.0. The molecule has 0 aliphatic rings. The van der Waals surface area contributed by atoms with Crippen LogP contribution in [0.4, 0.5) is 5.82 Å². The lowest BCUT2D eigenvalue weighted by Crippen LogP contribution is -2.09. The molecular formula is C15H11N3O2. The number of rotatable bonds is 3. The van der Waals surface area contributed by atoms with Crippen molar-refractivity contribution in [2.45, 2.75) is 0 Å². The summed E-state index contributed by atoms with van der Waals surface area (Å²) in [6.45, 7) is 0. The minimum Gasteiger partial charge on any atom is -0.465 e. The number of furan rings is 1. The second-order valence-electron chi connectivity index (χ2n) is 4.08. The fourth-order valence-corrected chi connectivity index (χ4v) is 1.73. The van der Waals surface area contributed by atoms with Crippen LogP contribution in [0, 0.1) is 0 Å². The molecule has 1 amide bonds. The van der Waals surface area contributed by atoms with Gasteiger partial charge in [-0.15, -0.1) is 0 Å². The summed E-state index contributed by atoms with van der Waals surface area (Å²) in [5.74, 6) is 0.744. The van der Waals surface area contributed by atoms with Crippen LogP contribution in [0.2, 0.25) is 0 Å². The number of fused-ring (bicyclic) bond motifs is 1. The summed E-state index contributed by atoms with van der Waals surface area (Å²) in [7, 11) is 0. The molecule has 0 spiro atoms. The SMILES string of the molecule is O=C(/C=C/c1ccco1)Nc1cnc2ccccc2n1. The zero-order valence-corrected chi connectivity index (χ0v) is 10.5. The monoisotopic (exact) mass is 265 g/mol. The molecule has 3 aromatic rings. The number of para-hydroxylation sites is 2. The standard InChI is InChI=1S/C15H11N3O2/c19-15(8-7-11-4-3-9-20-11)18-14-10-16-12-5-1-2-6-13(12)17-14/h1-10H,(H,17,18,19)/b8-7+. The molecule has 98 valence electrons. The number of anilines is 1. The van der Waals surface area contributed by atoms with E-state index < -0.39 is 0 Å². The fraction of sp³-hybridized carbons (Fsp3) is 0. The van der Waals surface area contributed by atoms with Gasteiger partial charge in [0, 0.05) is 6.08 Å². The number of nitrogens with one attached hydrogen (secondary N) is 1. The number of carbonyl (C=O) groups is 1. The Morgan fingerprint density at radius 3 is 2.80 bits per heavy atom. The molecule has 0 unspecified atom stereocenters. The molecule has 2 aromatic heterocycles. The van der Waals surface area contributed by atoms with Crippen molar-refractivity contribution in [2.75, 3.05) is 5.32 Å². The first-order valence-corrected chi connectivity index (χ1v) is 6.06. The molecular weight excluding hydrogens is 254 g/mol. The van der Waals surface area contributed by atoms with Crippen molar-refractivity contribution in [3.8, 4) is 0 Å². The molecule has 1 aromatic carbocycles. The lowest BCUT2D eigenvalue weighted by Gasteiger charge is -2.02. The van der Waals surface area contributed by atoms with Crippen molar-refractivity contribution in [1.29, 1.82) is 0 Å². The van der Waals surface area contributed by atoms with Crippen LogP contribution >= 0.6 is 0 Å². The quantitative estimate of drug-likeness (QED) is 0.739. The highest BCUT2D eigenvalue weighted by atomic mass is 16.3. The maximum absolute atomic E-state index is 11.7. The average Bonchev–Trinajstić information content (AvgIpc) is 2.98. The topological polar surface area (TPSA) is 68.0 Å². The average molecular weight is 265 g/mol. The lowest BCUT2D eigenvalue weighted by molar-refractivity contribution is -0.111. The van der Waals surface area contributed by atoms with Gasteiger partial charge < -0.3 is 9.73 Å². The molecule has 5 heteroatoms. The van der Waals surface area contributed by atoms with Crippen LogP contribution in [0.3, 0.4) is 0 Å². The Balaban J connectivity index is 1.74. The molecule has 2 heterocycles. The molecule has 3 rings (SSSR count). The van der Waals surface area contributed by atoms with Crippen LogP contribution in [0.25, 0.3) is 17.1 Å². The van der Waals surface area contributed by atoms with Gasteiger partial charge in [0.05, 0.1) is 23.5 Å². The third-order valence-electron chi connectivity index (χ3n) is 2.64. The Morgan fingerprint density at radius 2 is 2.00 bits per heavy atom. The molecule has 0 aliphatic carbocycles. The fourth-order valence-electron chi connectivity index (χ4n) is 1.73. The molecule has 1 N–H and O–H groups in total. The predicted octanol–water partition coefficient (Wildman–Crippen LogP) is 2.87. The summed E-state index contributed by atoms with van der Waals surface area (Å²) < 4.78 is 5.10. The molecule has 0 radical (unpaired) electrons.